The number of aryl methyl sites for hydroxylation is 1. The summed E-state index contributed by atoms with van der Waals surface area (Å²) in [7, 11) is 0. The first-order valence-electron chi connectivity index (χ1n) is 8.02. The lowest BCUT2D eigenvalue weighted by atomic mass is 9.96. The van der Waals surface area contributed by atoms with Crippen molar-refractivity contribution in [3.05, 3.63) is 35.8 Å². The molecular weight excluding hydrogens is 292 g/mol. The first kappa shape index (κ1) is 15.5. The van der Waals surface area contributed by atoms with Gasteiger partial charge in [-0.05, 0) is 43.4 Å². The molecular formula is C17H22N4O2. The zero-order valence-corrected chi connectivity index (χ0v) is 13.6. The van der Waals surface area contributed by atoms with Crippen LogP contribution in [-0.4, -0.2) is 45.7 Å². The third kappa shape index (κ3) is 3.52. The standard InChI is InChI=1S/C17H22N4O2/c1-12-3-6-21-11-15(19-16(21)9-12)17(23)20-7-4-14(5-8-20)10-18-13(2)22/h3,6,9,11,14H,4-5,7-8,10H2,1-2H3,(H,18,22). The van der Waals surface area contributed by atoms with Crippen molar-refractivity contribution < 1.29 is 9.59 Å². The van der Waals surface area contributed by atoms with E-state index < -0.39 is 0 Å². The molecule has 2 aromatic rings. The topological polar surface area (TPSA) is 66.7 Å². The zero-order chi connectivity index (χ0) is 16.4. The van der Waals surface area contributed by atoms with Crippen molar-refractivity contribution in [3.8, 4) is 0 Å². The summed E-state index contributed by atoms with van der Waals surface area (Å²) >= 11 is 0. The predicted molar refractivity (Wildman–Crippen MR) is 87.2 cm³/mol. The molecule has 6 heteroatoms. The summed E-state index contributed by atoms with van der Waals surface area (Å²) < 4.78 is 1.88. The molecule has 1 N–H and O–H groups in total. The van der Waals surface area contributed by atoms with Gasteiger partial charge in [-0.15, -0.1) is 0 Å². The highest BCUT2D eigenvalue weighted by Crippen LogP contribution is 2.19. The fourth-order valence-corrected chi connectivity index (χ4v) is 2.98. The molecule has 1 saturated heterocycles. The second kappa shape index (κ2) is 6.40. The lowest BCUT2D eigenvalue weighted by Crippen LogP contribution is -2.41. The number of hydrogen-bond donors (Lipinski definition) is 1. The van der Waals surface area contributed by atoms with Gasteiger partial charge in [-0.25, -0.2) is 4.98 Å². The number of likely N-dealkylation sites (tertiary alicyclic amines) is 1. The molecule has 0 aliphatic carbocycles. The first-order valence-corrected chi connectivity index (χ1v) is 8.02. The average molecular weight is 314 g/mol. The van der Waals surface area contributed by atoms with Crippen molar-refractivity contribution in [2.45, 2.75) is 26.7 Å². The van der Waals surface area contributed by atoms with Gasteiger partial charge in [0, 0.05) is 39.0 Å². The molecule has 0 radical (unpaired) electrons. The molecule has 0 aromatic carbocycles. The largest absolute Gasteiger partial charge is 0.356 e. The van der Waals surface area contributed by atoms with Crippen molar-refractivity contribution in [3.63, 3.8) is 0 Å². The summed E-state index contributed by atoms with van der Waals surface area (Å²) in [4.78, 5) is 29.9. The second-order valence-electron chi connectivity index (χ2n) is 6.27. The molecule has 0 atom stereocenters. The van der Waals surface area contributed by atoms with Crippen LogP contribution >= 0.6 is 0 Å². The third-order valence-electron chi connectivity index (χ3n) is 4.38. The van der Waals surface area contributed by atoms with Gasteiger partial charge in [-0.3, -0.25) is 9.59 Å². The van der Waals surface area contributed by atoms with E-state index in [0.29, 0.717) is 18.2 Å². The van der Waals surface area contributed by atoms with Crippen molar-refractivity contribution in [1.29, 1.82) is 0 Å². The number of imidazole rings is 1. The van der Waals surface area contributed by atoms with Crippen molar-refractivity contribution in [2.24, 2.45) is 5.92 Å². The van der Waals surface area contributed by atoms with Gasteiger partial charge < -0.3 is 14.6 Å². The van der Waals surface area contributed by atoms with E-state index in [2.05, 4.69) is 10.3 Å². The number of pyridine rings is 1. The monoisotopic (exact) mass is 314 g/mol. The SMILES string of the molecule is CC(=O)NCC1CCN(C(=O)c2cn3ccc(C)cc3n2)CC1. The molecule has 2 aromatic heterocycles. The molecule has 6 nitrogen and oxygen atoms in total. The van der Waals surface area contributed by atoms with Crippen LogP contribution in [0.1, 0.15) is 35.8 Å². The minimum absolute atomic E-state index is 0.00324. The highest BCUT2D eigenvalue weighted by molar-refractivity contribution is 5.93. The molecule has 3 heterocycles. The Morgan fingerprint density at radius 3 is 2.78 bits per heavy atom. The number of nitrogens with one attached hydrogen (secondary N) is 1. The number of fused-ring (bicyclic) bond motifs is 1. The maximum Gasteiger partial charge on any atom is 0.274 e. The number of rotatable bonds is 3. The average Bonchev–Trinajstić information content (AvgIpc) is 2.95. The van der Waals surface area contributed by atoms with E-state index in [9.17, 15) is 9.59 Å². The Morgan fingerprint density at radius 2 is 2.09 bits per heavy atom. The Labute approximate surface area is 135 Å². The molecule has 0 bridgehead atoms. The van der Waals surface area contributed by atoms with Crippen molar-refractivity contribution in [1.82, 2.24) is 19.6 Å². The summed E-state index contributed by atoms with van der Waals surface area (Å²) in [5.41, 5.74) is 2.42. The summed E-state index contributed by atoms with van der Waals surface area (Å²) in [6.45, 7) is 5.68. The van der Waals surface area contributed by atoms with Crippen LogP contribution in [-0.2, 0) is 4.79 Å². The zero-order valence-electron chi connectivity index (χ0n) is 13.6. The Bertz CT molecular complexity index is 729. The first-order chi connectivity index (χ1) is 11.0. The molecule has 2 amide bonds. The van der Waals surface area contributed by atoms with Gasteiger partial charge >= 0.3 is 0 Å². The van der Waals surface area contributed by atoms with Crippen LogP contribution < -0.4 is 5.32 Å². The summed E-state index contributed by atoms with van der Waals surface area (Å²) in [5.74, 6) is 0.444. The fraction of sp³-hybridized carbons (Fsp3) is 0.471. The normalized spacial score (nSPS) is 15.8. The van der Waals surface area contributed by atoms with Crippen LogP contribution in [0.4, 0.5) is 0 Å². The highest BCUT2D eigenvalue weighted by Gasteiger charge is 2.25. The molecule has 0 unspecified atom stereocenters. The summed E-state index contributed by atoms with van der Waals surface area (Å²) in [6.07, 6.45) is 5.55. The van der Waals surface area contributed by atoms with Crippen LogP contribution in [0.5, 0.6) is 0 Å². The van der Waals surface area contributed by atoms with Gasteiger partial charge in [-0.1, -0.05) is 0 Å². The third-order valence-corrected chi connectivity index (χ3v) is 4.38. The smallest absolute Gasteiger partial charge is 0.274 e. The molecule has 1 fully saturated rings. The van der Waals surface area contributed by atoms with Gasteiger partial charge in [0.15, 0.2) is 0 Å². The Kier molecular flexibility index (Phi) is 4.32. The van der Waals surface area contributed by atoms with Gasteiger partial charge in [0.05, 0.1) is 0 Å². The van der Waals surface area contributed by atoms with Crippen LogP contribution in [0.2, 0.25) is 0 Å². The number of hydrogen-bond acceptors (Lipinski definition) is 3. The fourth-order valence-electron chi connectivity index (χ4n) is 2.98. The van der Waals surface area contributed by atoms with E-state index in [1.54, 1.807) is 6.20 Å². The number of nitrogens with zero attached hydrogens (tertiary/aromatic N) is 3. The van der Waals surface area contributed by atoms with E-state index >= 15 is 0 Å². The molecule has 3 rings (SSSR count). The Morgan fingerprint density at radius 1 is 1.35 bits per heavy atom. The van der Waals surface area contributed by atoms with E-state index in [0.717, 1.165) is 37.1 Å². The molecule has 1 aliphatic heterocycles. The van der Waals surface area contributed by atoms with E-state index in [1.807, 2.05) is 34.6 Å². The number of amides is 2. The lowest BCUT2D eigenvalue weighted by molar-refractivity contribution is -0.119. The lowest BCUT2D eigenvalue weighted by Gasteiger charge is -2.31. The summed E-state index contributed by atoms with van der Waals surface area (Å²) in [6, 6.07) is 3.97. The van der Waals surface area contributed by atoms with E-state index in [4.69, 9.17) is 0 Å². The molecule has 23 heavy (non-hydrogen) atoms. The number of carbonyl (C=O) groups excluding carboxylic acids is 2. The maximum atomic E-state index is 12.6. The number of carbonyl (C=O) groups is 2. The van der Waals surface area contributed by atoms with Crippen molar-refractivity contribution >= 4 is 17.5 Å². The van der Waals surface area contributed by atoms with Crippen LogP contribution in [0, 0.1) is 12.8 Å². The minimum Gasteiger partial charge on any atom is -0.356 e. The predicted octanol–water partition coefficient (Wildman–Crippen LogP) is 1.63. The van der Waals surface area contributed by atoms with Gasteiger partial charge in [-0.2, -0.15) is 0 Å². The number of piperidine rings is 1. The Balaban J connectivity index is 1.63. The van der Waals surface area contributed by atoms with E-state index in [1.165, 1.54) is 6.92 Å². The minimum atomic E-state index is -0.00988. The van der Waals surface area contributed by atoms with Gasteiger partial charge in [0.1, 0.15) is 11.3 Å². The Hall–Kier alpha value is -2.37. The van der Waals surface area contributed by atoms with Crippen LogP contribution in [0.25, 0.3) is 5.65 Å². The molecule has 0 saturated carbocycles. The van der Waals surface area contributed by atoms with E-state index in [-0.39, 0.29) is 11.8 Å². The second-order valence-corrected chi connectivity index (χ2v) is 6.27. The molecule has 1 aliphatic rings. The quantitative estimate of drug-likeness (QED) is 0.936. The maximum absolute atomic E-state index is 12.6. The van der Waals surface area contributed by atoms with Gasteiger partial charge in [0.25, 0.3) is 5.91 Å². The highest BCUT2D eigenvalue weighted by atomic mass is 16.2. The van der Waals surface area contributed by atoms with Crippen LogP contribution in [0.3, 0.4) is 0 Å². The van der Waals surface area contributed by atoms with Crippen LogP contribution in [0.15, 0.2) is 24.5 Å². The van der Waals surface area contributed by atoms with Crippen molar-refractivity contribution in [2.75, 3.05) is 19.6 Å². The summed E-state index contributed by atoms with van der Waals surface area (Å²) in [5, 5.41) is 2.86. The molecule has 0 spiro atoms. The molecule has 122 valence electrons. The van der Waals surface area contributed by atoms with Gasteiger partial charge in [0.2, 0.25) is 5.91 Å². The number of aromatic nitrogens is 2.